The Hall–Kier alpha value is -2.03. The van der Waals surface area contributed by atoms with Crippen LogP contribution in [0.3, 0.4) is 0 Å². The molecule has 0 saturated carbocycles. The predicted octanol–water partition coefficient (Wildman–Crippen LogP) is 1.48. The molecule has 132 valence electrons. The highest BCUT2D eigenvalue weighted by Gasteiger charge is 2.42. The van der Waals surface area contributed by atoms with Gasteiger partial charge in [-0.1, -0.05) is 12.2 Å². The van der Waals surface area contributed by atoms with Gasteiger partial charge in [-0.25, -0.2) is 0 Å². The van der Waals surface area contributed by atoms with Crippen molar-refractivity contribution >= 4 is 5.97 Å². The molecule has 2 bridgehead atoms. The molecule has 0 amide bonds. The van der Waals surface area contributed by atoms with Crippen molar-refractivity contribution in [1.82, 2.24) is 4.57 Å². The average molecular weight is 339 g/mol. The van der Waals surface area contributed by atoms with Crippen LogP contribution in [0.15, 0.2) is 12.2 Å². The number of hydrogen-bond donors (Lipinski definition) is 3. The lowest BCUT2D eigenvalue weighted by molar-refractivity contribution is -0.137. The Morgan fingerprint density at radius 2 is 1.62 bits per heavy atom. The third-order valence-corrected chi connectivity index (χ3v) is 4.12. The summed E-state index contributed by atoms with van der Waals surface area (Å²) < 4.78 is 17.7. The van der Waals surface area contributed by atoms with Gasteiger partial charge in [-0.05, 0) is 6.42 Å². The lowest BCUT2D eigenvalue weighted by Crippen LogP contribution is -2.11. The van der Waals surface area contributed by atoms with Crippen LogP contribution in [0.4, 0.5) is 0 Å². The van der Waals surface area contributed by atoms with Crippen LogP contribution in [0.1, 0.15) is 36.2 Å². The largest absolute Gasteiger partial charge is 0.494 e. The van der Waals surface area contributed by atoms with E-state index in [-0.39, 0.29) is 30.4 Å². The van der Waals surface area contributed by atoms with E-state index in [0.717, 1.165) is 0 Å². The van der Waals surface area contributed by atoms with E-state index in [2.05, 4.69) is 0 Å². The molecule has 1 aromatic rings. The van der Waals surface area contributed by atoms with E-state index < -0.39 is 5.97 Å². The minimum atomic E-state index is -0.831. The van der Waals surface area contributed by atoms with Gasteiger partial charge < -0.3 is 29.5 Å². The Morgan fingerprint density at radius 1 is 1.04 bits per heavy atom. The molecule has 0 spiro atoms. The highest BCUT2D eigenvalue weighted by molar-refractivity contribution is 5.66. The zero-order valence-corrected chi connectivity index (χ0v) is 13.2. The average Bonchev–Trinajstić information content (AvgIpc) is 3.21. The van der Waals surface area contributed by atoms with E-state index in [0.29, 0.717) is 50.5 Å². The molecule has 1 aromatic heterocycles. The highest BCUT2D eigenvalue weighted by atomic mass is 16.5. The Balaban J connectivity index is 1.37. The van der Waals surface area contributed by atoms with Crippen molar-refractivity contribution in [3.63, 3.8) is 0 Å². The number of rotatable bonds is 10. The third kappa shape index (κ3) is 3.26. The van der Waals surface area contributed by atoms with Gasteiger partial charge >= 0.3 is 5.97 Å². The fourth-order valence-electron chi connectivity index (χ4n) is 2.99. The molecular formula is C16H21NO7. The van der Waals surface area contributed by atoms with Gasteiger partial charge in [0.2, 0.25) is 11.8 Å². The zero-order valence-electron chi connectivity index (χ0n) is 13.2. The van der Waals surface area contributed by atoms with E-state index >= 15 is 0 Å². The summed E-state index contributed by atoms with van der Waals surface area (Å²) in [6.07, 6.45) is 3.75. The third-order valence-electron chi connectivity index (χ3n) is 4.12. The zero-order chi connectivity index (χ0) is 17.1. The van der Waals surface area contributed by atoms with Crippen LogP contribution >= 0.6 is 0 Å². The summed E-state index contributed by atoms with van der Waals surface area (Å²) in [4.78, 5) is 10.3. The second kappa shape index (κ2) is 7.25. The molecule has 0 radical (unpaired) electrons. The van der Waals surface area contributed by atoms with Gasteiger partial charge in [0.25, 0.3) is 0 Å². The van der Waals surface area contributed by atoms with E-state index in [9.17, 15) is 15.0 Å². The molecule has 2 unspecified atom stereocenters. The quantitative estimate of drug-likeness (QED) is 0.437. The number of hydrogen-bond acceptors (Lipinski definition) is 6. The lowest BCUT2D eigenvalue weighted by atomic mass is 10.0. The predicted molar refractivity (Wildman–Crippen MR) is 82.0 cm³/mol. The monoisotopic (exact) mass is 339 g/mol. The summed E-state index contributed by atoms with van der Waals surface area (Å²) in [7, 11) is 0. The van der Waals surface area contributed by atoms with E-state index in [1.54, 1.807) is 0 Å². The molecule has 0 saturated heterocycles. The van der Waals surface area contributed by atoms with Gasteiger partial charge in [0.1, 0.15) is 12.2 Å². The summed E-state index contributed by atoms with van der Waals surface area (Å²) in [6.45, 7) is 1.77. The lowest BCUT2D eigenvalue weighted by Gasteiger charge is -2.11. The standard InChI is InChI=1S/C16H21NO7/c18-12(19)2-1-6-22-8-9-23-7-5-17-15(20)13-10-3-4-11(24-10)14(13)16(17)21/h3-4,10-11,20-21H,1-2,5-9H2,(H,18,19). The van der Waals surface area contributed by atoms with Crippen LogP contribution in [0.2, 0.25) is 0 Å². The summed E-state index contributed by atoms with van der Waals surface area (Å²) >= 11 is 0. The number of carbonyl (C=O) groups is 1. The van der Waals surface area contributed by atoms with Crippen LogP contribution in [0, 0.1) is 0 Å². The fourth-order valence-corrected chi connectivity index (χ4v) is 2.99. The first kappa shape index (κ1) is 16.8. The maximum atomic E-state index is 10.3. The van der Waals surface area contributed by atoms with Gasteiger partial charge in [0, 0.05) is 13.0 Å². The number of carboxylic acids is 1. The fraction of sp³-hybridized carbons (Fsp3) is 0.562. The first-order valence-electron chi connectivity index (χ1n) is 7.95. The van der Waals surface area contributed by atoms with Crippen molar-refractivity contribution in [3.05, 3.63) is 23.3 Å². The SMILES string of the molecule is O=C(O)CCCOCCOCCn1c(O)c2c(c1O)C1C=CC2O1. The Morgan fingerprint density at radius 3 is 2.21 bits per heavy atom. The molecule has 2 atom stereocenters. The number of ether oxygens (including phenoxy) is 3. The Labute approximate surface area is 138 Å². The number of aromatic hydroxyl groups is 2. The van der Waals surface area contributed by atoms with E-state index in [1.165, 1.54) is 4.57 Å². The van der Waals surface area contributed by atoms with Crippen molar-refractivity contribution in [2.75, 3.05) is 26.4 Å². The molecule has 8 nitrogen and oxygen atoms in total. The molecule has 24 heavy (non-hydrogen) atoms. The minimum Gasteiger partial charge on any atom is -0.494 e. The van der Waals surface area contributed by atoms with Crippen molar-refractivity contribution in [2.24, 2.45) is 0 Å². The summed E-state index contributed by atoms with van der Waals surface area (Å²) in [5.74, 6) is -0.789. The topological polar surface area (TPSA) is 110 Å². The minimum absolute atomic E-state index is 0.0212. The molecule has 8 heteroatoms. The molecular weight excluding hydrogens is 318 g/mol. The maximum absolute atomic E-state index is 10.3. The molecule has 2 aliphatic rings. The molecule has 3 rings (SSSR count). The molecule has 0 aliphatic carbocycles. The second-order valence-corrected chi connectivity index (χ2v) is 5.71. The molecule has 2 aliphatic heterocycles. The molecule has 3 heterocycles. The Kier molecular flexibility index (Phi) is 5.08. The van der Waals surface area contributed by atoms with Crippen LogP contribution in [-0.4, -0.2) is 52.3 Å². The van der Waals surface area contributed by atoms with Gasteiger partial charge in [-0.15, -0.1) is 0 Å². The van der Waals surface area contributed by atoms with Crippen LogP contribution < -0.4 is 0 Å². The van der Waals surface area contributed by atoms with Gasteiger partial charge in [-0.2, -0.15) is 0 Å². The Bertz CT molecular complexity index is 601. The van der Waals surface area contributed by atoms with Crippen molar-refractivity contribution < 1.29 is 34.3 Å². The summed E-state index contributed by atoms with van der Waals surface area (Å²) in [6, 6.07) is 0. The van der Waals surface area contributed by atoms with Gasteiger partial charge in [-0.3, -0.25) is 9.36 Å². The first-order chi connectivity index (χ1) is 11.6. The van der Waals surface area contributed by atoms with Crippen LogP contribution in [-0.2, 0) is 25.5 Å². The smallest absolute Gasteiger partial charge is 0.303 e. The molecule has 0 aromatic carbocycles. The van der Waals surface area contributed by atoms with Gasteiger partial charge in [0.15, 0.2) is 0 Å². The normalized spacial score (nSPS) is 20.7. The molecule has 3 N–H and O–H groups in total. The van der Waals surface area contributed by atoms with Crippen LogP contribution in [0.5, 0.6) is 11.8 Å². The van der Waals surface area contributed by atoms with Crippen molar-refractivity contribution in [1.29, 1.82) is 0 Å². The summed E-state index contributed by atoms with van der Waals surface area (Å²) in [5, 5.41) is 29.0. The van der Waals surface area contributed by atoms with Gasteiger partial charge in [0.05, 0.1) is 37.5 Å². The highest BCUT2D eigenvalue weighted by Crippen LogP contribution is 2.54. The number of aromatic nitrogens is 1. The van der Waals surface area contributed by atoms with Crippen molar-refractivity contribution in [2.45, 2.75) is 31.6 Å². The van der Waals surface area contributed by atoms with E-state index in [4.69, 9.17) is 19.3 Å². The maximum Gasteiger partial charge on any atom is 0.303 e. The summed E-state index contributed by atoms with van der Waals surface area (Å²) in [5.41, 5.74) is 1.28. The molecule has 0 fully saturated rings. The number of fused-ring (bicyclic) bond motifs is 5. The second-order valence-electron chi connectivity index (χ2n) is 5.71. The number of aliphatic carboxylic acids is 1. The van der Waals surface area contributed by atoms with Crippen LogP contribution in [0.25, 0.3) is 0 Å². The van der Waals surface area contributed by atoms with E-state index in [1.807, 2.05) is 12.2 Å². The van der Waals surface area contributed by atoms with Crippen molar-refractivity contribution in [3.8, 4) is 11.8 Å². The number of carboxylic acid groups (broad SMARTS) is 1. The first-order valence-corrected chi connectivity index (χ1v) is 7.95. The number of nitrogens with zero attached hydrogens (tertiary/aromatic N) is 1.